The van der Waals surface area contributed by atoms with E-state index in [0.717, 1.165) is 44.9 Å². The molecule has 1 aliphatic rings. The predicted octanol–water partition coefficient (Wildman–Crippen LogP) is 2.08. The van der Waals surface area contributed by atoms with Gasteiger partial charge in [0.2, 0.25) is 5.91 Å². The van der Waals surface area contributed by atoms with Gasteiger partial charge in [0.25, 0.3) is 0 Å². The first kappa shape index (κ1) is 22.5. The van der Waals surface area contributed by atoms with Gasteiger partial charge in [-0.2, -0.15) is 0 Å². The summed E-state index contributed by atoms with van der Waals surface area (Å²) in [6.07, 6.45) is 3.55. The Morgan fingerprint density at radius 1 is 1.35 bits per heavy atom. The van der Waals surface area contributed by atoms with Gasteiger partial charge < -0.3 is 20.9 Å². The third-order valence-corrected chi connectivity index (χ3v) is 4.67. The number of carbonyl (C=O) groups is 1. The summed E-state index contributed by atoms with van der Waals surface area (Å²) in [5, 5.41) is 3.45. The number of nitrogens with zero attached hydrogens (tertiary/aromatic N) is 3. The summed E-state index contributed by atoms with van der Waals surface area (Å²) in [7, 11) is 5.90. The fraction of sp³-hybridized carbons (Fsp3) is 0.579. The Morgan fingerprint density at radius 3 is 2.62 bits per heavy atom. The third kappa shape index (κ3) is 7.01. The minimum absolute atomic E-state index is 0. The lowest BCUT2D eigenvalue weighted by Crippen LogP contribution is -2.47. The molecule has 2 rings (SSSR count). The summed E-state index contributed by atoms with van der Waals surface area (Å²) in [5.74, 6) is 1.04. The van der Waals surface area contributed by atoms with Crippen LogP contribution in [0.25, 0.3) is 0 Å². The van der Waals surface area contributed by atoms with Crippen molar-refractivity contribution in [2.45, 2.75) is 25.7 Å². The van der Waals surface area contributed by atoms with E-state index in [-0.39, 0.29) is 29.9 Å². The number of aliphatic imine (C=N–C) groups is 1. The van der Waals surface area contributed by atoms with Gasteiger partial charge >= 0.3 is 0 Å². The normalized spacial score (nSPS) is 17.4. The number of piperidine rings is 1. The number of halogens is 1. The smallest absolute Gasteiger partial charge is 0.217 e. The number of hydrogen-bond acceptors (Lipinski definition) is 3. The SMILES string of the molecule is CN=C(NCCc1ccc(N(C)C)cc1)N1CCCC(CC(N)=O)C1.I. The summed E-state index contributed by atoms with van der Waals surface area (Å²) in [4.78, 5) is 19.9. The molecule has 1 heterocycles. The van der Waals surface area contributed by atoms with Gasteiger partial charge in [-0.05, 0) is 42.9 Å². The largest absolute Gasteiger partial charge is 0.378 e. The fourth-order valence-electron chi connectivity index (χ4n) is 3.32. The van der Waals surface area contributed by atoms with E-state index in [1.807, 2.05) is 21.1 Å². The number of benzene rings is 1. The molecular formula is C19H32IN5O. The number of primary amides is 1. The van der Waals surface area contributed by atoms with Crippen molar-refractivity contribution >= 4 is 41.5 Å². The maximum absolute atomic E-state index is 11.2. The molecule has 0 spiro atoms. The van der Waals surface area contributed by atoms with Gasteiger partial charge in [-0.15, -0.1) is 24.0 Å². The number of carbonyl (C=O) groups excluding carboxylic acids is 1. The average Bonchev–Trinajstić information content (AvgIpc) is 2.59. The predicted molar refractivity (Wildman–Crippen MR) is 119 cm³/mol. The molecule has 26 heavy (non-hydrogen) atoms. The van der Waals surface area contributed by atoms with Crippen molar-refractivity contribution in [3.05, 3.63) is 29.8 Å². The van der Waals surface area contributed by atoms with Crippen LogP contribution in [0.15, 0.2) is 29.3 Å². The van der Waals surface area contributed by atoms with Crippen LogP contribution in [0.2, 0.25) is 0 Å². The van der Waals surface area contributed by atoms with Crippen molar-refractivity contribution in [3.8, 4) is 0 Å². The van der Waals surface area contributed by atoms with E-state index in [0.29, 0.717) is 12.3 Å². The van der Waals surface area contributed by atoms with Crippen molar-refractivity contribution in [1.82, 2.24) is 10.2 Å². The summed E-state index contributed by atoms with van der Waals surface area (Å²) < 4.78 is 0. The van der Waals surface area contributed by atoms with Crippen molar-refractivity contribution < 1.29 is 4.79 Å². The molecule has 1 amide bonds. The van der Waals surface area contributed by atoms with Crippen molar-refractivity contribution in [1.29, 1.82) is 0 Å². The number of nitrogens with one attached hydrogen (secondary N) is 1. The van der Waals surface area contributed by atoms with Crippen LogP contribution < -0.4 is 16.0 Å². The van der Waals surface area contributed by atoms with Crippen LogP contribution in [0.5, 0.6) is 0 Å². The third-order valence-electron chi connectivity index (χ3n) is 4.67. The van der Waals surface area contributed by atoms with Gasteiger partial charge in [0.1, 0.15) is 0 Å². The fourth-order valence-corrected chi connectivity index (χ4v) is 3.32. The molecule has 0 saturated carbocycles. The van der Waals surface area contributed by atoms with Crippen LogP contribution in [-0.4, -0.2) is 57.5 Å². The lowest BCUT2D eigenvalue weighted by molar-refractivity contribution is -0.119. The number of hydrogen-bond donors (Lipinski definition) is 2. The van der Waals surface area contributed by atoms with Crippen molar-refractivity contribution in [3.63, 3.8) is 0 Å². The molecule has 1 fully saturated rings. The van der Waals surface area contributed by atoms with Crippen LogP contribution in [0.3, 0.4) is 0 Å². The van der Waals surface area contributed by atoms with Crippen LogP contribution in [0.1, 0.15) is 24.8 Å². The maximum atomic E-state index is 11.2. The van der Waals surface area contributed by atoms with E-state index in [1.54, 1.807) is 0 Å². The maximum Gasteiger partial charge on any atom is 0.217 e. The number of anilines is 1. The average molecular weight is 473 g/mol. The molecule has 6 nitrogen and oxygen atoms in total. The van der Waals surface area contributed by atoms with Crippen LogP contribution in [-0.2, 0) is 11.2 Å². The lowest BCUT2D eigenvalue weighted by Gasteiger charge is -2.34. The molecule has 0 radical (unpaired) electrons. The van der Waals surface area contributed by atoms with Crippen LogP contribution in [0.4, 0.5) is 5.69 Å². The number of amides is 1. The van der Waals surface area contributed by atoms with Gasteiger partial charge in [0.05, 0.1) is 0 Å². The van der Waals surface area contributed by atoms with Crippen LogP contribution >= 0.6 is 24.0 Å². The summed E-state index contributed by atoms with van der Waals surface area (Å²) in [6, 6.07) is 8.62. The molecule has 1 unspecified atom stereocenters. The minimum atomic E-state index is -0.212. The number of nitrogens with two attached hydrogens (primary N) is 1. The second kappa shape index (κ2) is 11.3. The molecular weight excluding hydrogens is 441 g/mol. The van der Waals surface area contributed by atoms with Gasteiger partial charge in [-0.3, -0.25) is 9.79 Å². The zero-order valence-corrected chi connectivity index (χ0v) is 18.4. The summed E-state index contributed by atoms with van der Waals surface area (Å²) >= 11 is 0. The van der Waals surface area contributed by atoms with Gasteiger partial charge in [0.15, 0.2) is 5.96 Å². The second-order valence-corrected chi connectivity index (χ2v) is 6.91. The molecule has 0 bridgehead atoms. The highest BCUT2D eigenvalue weighted by atomic mass is 127. The van der Waals surface area contributed by atoms with Gasteiger partial charge in [-0.1, -0.05) is 12.1 Å². The topological polar surface area (TPSA) is 74.0 Å². The first-order valence-corrected chi connectivity index (χ1v) is 8.99. The Morgan fingerprint density at radius 2 is 2.04 bits per heavy atom. The van der Waals surface area contributed by atoms with Gasteiger partial charge in [-0.25, -0.2) is 0 Å². The quantitative estimate of drug-likeness (QED) is 0.377. The van der Waals surface area contributed by atoms with Crippen molar-refractivity contribution in [2.75, 3.05) is 45.7 Å². The molecule has 1 aromatic rings. The molecule has 1 saturated heterocycles. The lowest BCUT2D eigenvalue weighted by atomic mass is 9.95. The van der Waals surface area contributed by atoms with E-state index >= 15 is 0 Å². The summed E-state index contributed by atoms with van der Waals surface area (Å²) in [5.41, 5.74) is 7.86. The molecule has 0 aromatic heterocycles. The number of guanidine groups is 1. The molecule has 1 aromatic carbocycles. The number of rotatable bonds is 6. The second-order valence-electron chi connectivity index (χ2n) is 6.91. The van der Waals surface area contributed by atoms with E-state index in [9.17, 15) is 4.79 Å². The standard InChI is InChI=1S/C19H31N5O.HI/c1-21-19(24-12-4-5-16(14-24)13-18(20)25)22-11-10-15-6-8-17(9-7-15)23(2)3;/h6-9,16H,4-5,10-14H2,1-3H3,(H2,20,25)(H,21,22);1H. The highest BCUT2D eigenvalue weighted by Crippen LogP contribution is 2.19. The number of likely N-dealkylation sites (tertiary alicyclic amines) is 1. The van der Waals surface area contributed by atoms with Crippen LogP contribution in [0, 0.1) is 5.92 Å². The minimum Gasteiger partial charge on any atom is -0.378 e. The van der Waals surface area contributed by atoms with Gasteiger partial charge in [0, 0.05) is 52.9 Å². The highest BCUT2D eigenvalue weighted by Gasteiger charge is 2.23. The highest BCUT2D eigenvalue weighted by molar-refractivity contribution is 14.0. The zero-order valence-electron chi connectivity index (χ0n) is 16.1. The molecule has 7 heteroatoms. The Hall–Kier alpha value is -1.51. The molecule has 146 valence electrons. The molecule has 3 N–H and O–H groups in total. The van der Waals surface area contributed by atoms with E-state index in [4.69, 9.17) is 5.73 Å². The molecule has 0 aliphatic carbocycles. The molecule has 1 atom stereocenters. The Kier molecular flexibility index (Phi) is 9.75. The first-order chi connectivity index (χ1) is 12.0. The zero-order chi connectivity index (χ0) is 18.2. The Balaban J connectivity index is 0.00000338. The van der Waals surface area contributed by atoms with Crippen molar-refractivity contribution in [2.24, 2.45) is 16.6 Å². The molecule has 1 aliphatic heterocycles. The van der Waals surface area contributed by atoms with E-state index < -0.39 is 0 Å². The van der Waals surface area contributed by atoms with E-state index in [2.05, 4.69) is 44.4 Å². The van der Waals surface area contributed by atoms with E-state index in [1.165, 1.54) is 11.3 Å². The Labute approximate surface area is 174 Å². The summed E-state index contributed by atoms with van der Waals surface area (Å²) in [6.45, 7) is 2.66. The Bertz CT molecular complexity index is 588. The first-order valence-electron chi connectivity index (χ1n) is 8.99. The monoisotopic (exact) mass is 473 g/mol.